The van der Waals surface area contributed by atoms with Crippen LogP contribution in [0.3, 0.4) is 0 Å². The summed E-state index contributed by atoms with van der Waals surface area (Å²) >= 11 is 7.46. The Morgan fingerprint density at radius 2 is 2.53 bits per heavy atom. The topological polar surface area (TPSA) is 46.4 Å². The number of aromatic nitrogens is 2. The molecule has 2 heterocycles. The van der Waals surface area contributed by atoms with Crippen molar-refractivity contribution in [1.82, 2.24) is 14.7 Å². The van der Waals surface area contributed by atoms with Crippen LogP contribution >= 0.6 is 22.9 Å². The molecule has 0 atom stereocenters. The van der Waals surface area contributed by atoms with Crippen LogP contribution in [0.1, 0.15) is 5.69 Å². The SMILES string of the molecule is C=CCNC(=O)/C=C/c1c(Cl)nc2sccn12. The van der Waals surface area contributed by atoms with E-state index in [0.717, 1.165) is 4.96 Å². The summed E-state index contributed by atoms with van der Waals surface area (Å²) in [5, 5.41) is 4.95. The molecule has 4 nitrogen and oxygen atoms in total. The average molecular weight is 268 g/mol. The van der Waals surface area contributed by atoms with Gasteiger partial charge in [-0.25, -0.2) is 4.98 Å². The molecule has 1 amide bonds. The summed E-state index contributed by atoms with van der Waals surface area (Å²) in [6.45, 7) is 3.96. The average Bonchev–Trinajstić information content (AvgIpc) is 2.84. The lowest BCUT2D eigenvalue weighted by Gasteiger charge is -1.95. The van der Waals surface area contributed by atoms with Gasteiger partial charge in [-0.05, 0) is 6.08 Å². The van der Waals surface area contributed by atoms with E-state index in [9.17, 15) is 4.79 Å². The van der Waals surface area contributed by atoms with Gasteiger partial charge < -0.3 is 5.32 Å². The predicted molar refractivity (Wildman–Crippen MR) is 70.3 cm³/mol. The van der Waals surface area contributed by atoms with Crippen molar-refractivity contribution in [3.63, 3.8) is 0 Å². The summed E-state index contributed by atoms with van der Waals surface area (Å²) in [7, 11) is 0. The molecule has 2 aromatic heterocycles. The van der Waals surface area contributed by atoms with Gasteiger partial charge in [0.2, 0.25) is 5.91 Å². The van der Waals surface area contributed by atoms with Gasteiger partial charge in [-0.1, -0.05) is 17.7 Å². The van der Waals surface area contributed by atoms with Gasteiger partial charge in [-0.3, -0.25) is 9.20 Å². The monoisotopic (exact) mass is 267 g/mol. The van der Waals surface area contributed by atoms with Crippen molar-refractivity contribution in [2.45, 2.75) is 0 Å². The van der Waals surface area contributed by atoms with Crippen molar-refractivity contribution < 1.29 is 4.79 Å². The molecule has 1 N–H and O–H groups in total. The molecule has 0 saturated carbocycles. The van der Waals surface area contributed by atoms with E-state index >= 15 is 0 Å². The minimum absolute atomic E-state index is 0.189. The van der Waals surface area contributed by atoms with Crippen molar-refractivity contribution in [3.8, 4) is 0 Å². The lowest BCUT2D eigenvalue weighted by Crippen LogP contribution is -2.20. The van der Waals surface area contributed by atoms with Gasteiger partial charge >= 0.3 is 0 Å². The Labute approximate surface area is 107 Å². The van der Waals surface area contributed by atoms with Gasteiger partial charge in [0.1, 0.15) is 0 Å². The van der Waals surface area contributed by atoms with Crippen LogP contribution in [0, 0.1) is 0 Å². The molecule has 0 bridgehead atoms. The number of carbonyl (C=O) groups excluding carboxylic acids is 1. The zero-order valence-electron chi connectivity index (χ0n) is 8.89. The standard InChI is InChI=1S/C11H10ClN3OS/c1-2-5-13-9(16)4-3-8-10(12)14-11-15(8)6-7-17-11/h2-4,6-7H,1,5H2,(H,13,16)/b4-3+. The van der Waals surface area contributed by atoms with E-state index in [-0.39, 0.29) is 5.91 Å². The Kier molecular flexibility index (Phi) is 3.61. The van der Waals surface area contributed by atoms with E-state index in [4.69, 9.17) is 11.6 Å². The molecule has 0 aliphatic heterocycles. The van der Waals surface area contributed by atoms with E-state index < -0.39 is 0 Å². The first-order valence-corrected chi connectivity index (χ1v) is 6.16. The number of hydrogen-bond acceptors (Lipinski definition) is 3. The minimum atomic E-state index is -0.189. The fourth-order valence-corrected chi connectivity index (χ4v) is 2.32. The van der Waals surface area contributed by atoms with Crippen LogP contribution in [-0.2, 0) is 4.79 Å². The maximum absolute atomic E-state index is 11.4. The van der Waals surface area contributed by atoms with Crippen molar-refractivity contribution >= 4 is 39.9 Å². The number of imidazole rings is 1. The van der Waals surface area contributed by atoms with E-state index in [1.54, 1.807) is 12.2 Å². The second-order valence-electron chi connectivity index (χ2n) is 3.21. The number of fused-ring (bicyclic) bond motifs is 1. The highest BCUT2D eigenvalue weighted by molar-refractivity contribution is 7.15. The molecule has 88 valence electrons. The largest absolute Gasteiger partial charge is 0.349 e. The molecule has 0 fully saturated rings. The Balaban J connectivity index is 2.19. The lowest BCUT2D eigenvalue weighted by atomic mass is 10.4. The third kappa shape index (κ3) is 2.57. The first kappa shape index (κ1) is 11.9. The molecule has 0 radical (unpaired) electrons. The molecule has 0 aliphatic carbocycles. The number of nitrogens with zero attached hydrogens (tertiary/aromatic N) is 2. The van der Waals surface area contributed by atoms with Crippen LogP contribution in [0.15, 0.2) is 30.3 Å². The van der Waals surface area contributed by atoms with Gasteiger partial charge in [-0.2, -0.15) is 0 Å². The van der Waals surface area contributed by atoms with Gasteiger partial charge in [0.05, 0.1) is 5.69 Å². The van der Waals surface area contributed by atoms with Crippen LogP contribution in [0.25, 0.3) is 11.0 Å². The fourth-order valence-electron chi connectivity index (χ4n) is 1.31. The number of hydrogen-bond donors (Lipinski definition) is 1. The molecule has 0 saturated heterocycles. The highest BCUT2D eigenvalue weighted by Crippen LogP contribution is 2.22. The van der Waals surface area contributed by atoms with E-state index in [0.29, 0.717) is 17.4 Å². The maximum Gasteiger partial charge on any atom is 0.244 e. The van der Waals surface area contributed by atoms with E-state index in [1.807, 2.05) is 16.0 Å². The normalized spacial score (nSPS) is 11.1. The number of rotatable bonds is 4. The van der Waals surface area contributed by atoms with Gasteiger partial charge in [-0.15, -0.1) is 17.9 Å². The summed E-state index contributed by atoms with van der Waals surface area (Å²) in [5.41, 5.74) is 0.705. The molecular formula is C11H10ClN3OS. The maximum atomic E-state index is 11.4. The highest BCUT2D eigenvalue weighted by Gasteiger charge is 2.08. The minimum Gasteiger partial charge on any atom is -0.349 e. The van der Waals surface area contributed by atoms with Crippen LogP contribution in [-0.4, -0.2) is 21.8 Å². The van der Waals surface area contributed by atoms with E-state index in [1.165, 1.54) is 17.4 Å². The zero-order valence-corrected chi connectivity index (χ0v) is 10.5. The summed E-state index contributed by atoms with van der Waals surface area (Å²) in [5.74, 6) is -0.189. The van der Waals surface area contributed by atoms with Gasteiger partial charge in [0.25, 0.3) is 0 Å². The third-order valence-corrected chi connectivity index (χ3v) is 3.10. The summed E-state index contributed by atoms with van der Waals surface area (Å²) in [6, 6.07) is 0. The summed E-state index contributed by atoms with van der Waals surface area (Å²) in [6.07, 6.45) is 6.55. The molecule has 17 heavy (non-hydrogen) atoms. The van der Waals surface area contributed by atoms with Crippen LogP contribution in [0.5, 0.6) is 0 Å². The molecule has 0 spiro atoms. The first-order chi connectivity index (χ1) is 8.22. The van der Waals surface area contributed by atoms with Crippen LogP contribution < -0.4 is 5.32 Å². The Hall–Kier alpha value is -1.59. The second kappa shape index (κ2) is 5.16. The Morgan fingerprint density at radius 1 is 1.71 bits per heavy atom. The number of carbonyl (C=O) groups is 1. The van der Waals surface area contributed by atoms with Gasteiger partial charge in [0, 0.05) is 24.2 Å². The smallest absolute Gasteiger partial charge is 0.244 e. The lowest BCUT2D eigenvalue weighted by molar-refractivity contribution is -0.116. The number of halogens is 1. The third-order valence-electron chi connectivity index (χ3n) is 2.07. The van der Waals surface area contributed by atoms with E-state index in [2.05, 4.69) is 16.9 Å². The van der Waals surface area contributed by atoms with Crippen molar-refractivity contribution in [3.05, 3.63) is 41.2 Å². The fraction of sp³-hybridized carbons (Fsp3) is 0.0909. The van der Waals surface area contributed by atoms with Crippen molar-refractivity contribution in [2.75, 3.05) is 6.54 Å². The first-order valence-electron chi connectivity index (χ1n) is 4.90. The van der Waals surface area contributed by atoms with Crippen molar-refractivity contribution in [1.29, 1.82) is 0 Å². The number of nitrogens with one attached hydrogen (secondary N) is 1. The van der Waals surface area contributed by atoms with Crippen molar-refractivity contribution in [2.24, 2.45) is 0 Å². The molecule has 0 aliphatic rings. The zero-order chi connectivity index (χ0) is 12.3. The van der Waals surface area contributed by atoms with Crippen LogP contribution in [0.4, 0.5) is 0 Å². The van der Waals surface area contributed by atoms with Gasteiger partial charge in [0.15, 0.2) is 10.1 Å². The van der Waals surface area contributed by atoms with Crippen LogP contribution in [0.2, 0.25) is 5.15 Å². The molecule has 6 heteroatoms. The molecule has 0 aromatic carbocycles. The Morgan fingerprint density at radius 3 is 3.29 bits per heavy atom. The molecular weight excluding hydrogens is 258 g/mol. The Bertz CT molecular complexity index is 585. The molecule has 2 aromatic rings. The predicted octanol–water partition coefficient (Wildman–Crippen LogP) is 2.36. The summed E-state index contributed by atoms with van der Waals surface area (Å²) < 4.78 is 1.84. The molecule has 2 rings (SSSR count). The quantitative estimate of drug-likeness (QED) is 0.683. The second-order valence-corrected chi connectivity index (χ2v) is 4.44. The molecule has 0 unspecified atom stereocenters. The number of amides is 1. The summed E-state index contributed by atoms with van der Waals surface area (Å²) in [4.78, 5) is 16.3. The highest BCUT2D eigenvalue weighted by atomic mass is 35.5. The number of thiazole rings is 1.